The Morgan fingerprint density at radius 3 is 1.46 bits per heavy atom. The van der Waals surface area contributed by atoms with Crippen molar-refractivity contribution in [1.29, 1.82) is 0 Å². The van der Waals surface area contributed by atoms with E-state index < -0.39 is 0 Å². The molecule has 0 rings (SSSR count). The molecule has 0 aliphatic rings. The second-order valence-corrected chi connectivity index (χ2v) is 7.28. The molecule has 5 N–H and O–H groups in total. The number of nitrogens with one attached hydrogen (secondary N) is 5. The van der Waals surface area contributed by atoms with E-state index >= 15 is 0 Å². The van der Waals surface area contributed by atoms with Gasteiger partial charge in [0.25, 0.3) is 0 Å². The van der Waals surface area contributed by atoms with Gasteiger partial charge in [-0.05, 0) is 97.8 Å². The lowest BCUT2D eigenvalue weighted by atomic mass is 10.1. The molecule has 0 fully saturated rings. The number of hydrogen-bond donors (Lipinski definition) is 5. The van der Waals surface area contributed by atoms with Crippen molar-refractivity contribution in [3.05, 3.63) is 0 Å². The molecule has 0 aromatic carbocycles. The van der Waals surface area contributed by atoms with Crippen LogP contribution < -0.4 is 26.6 Å². The molecule has 0 aliphatic heterocycles. The van der Waals surface area contributed by atoms with Gasteiger partial charge in [0.15, 0.2) is 0 Å². The van der Waals surface area contributed by atoms with Crippen molar-refractivity contribution in [2.75, 3.05) is 58.9 Å². The highest BCUT2D eigenvalue weighted by atomic mass is 16.1. The van der Waals surface area contributed by atoms with Gasteiger partial charge in [0.1, 0.15) is 5.78 Å². The third-order valence-electron chi connectivity index (χ3n) is 4.41. The summed E-state index contributed by atoms with van der Waals surface area (Å²) in [5, 5.41) is 16.6. The Morgan fingerprint density at radius 2 is 1.00 bits per heavy atom. The van der Waals surface area contributed by atoms with Crippen LogP contribution in [0.15, 0.2) is 0 Å². The summed E-state index contributed by atoms with van der Waals surface area (Å²) >= 11 is 0. The van der Waals surface area contributed by atoms with Crippen molar-refractivity contribution in [3.63, 3.8) is 0 Å². The van der Waals surface area contributed by atoms with Crippen LogP contribution in [0, 0.1) is 0 Å². The molecule has 28 heavy (non-hydrogen) atoms. The Balaban J connectivity index is 3.11. The monoisotopic (exact) mass is 399 g/mol. The van der Waals surface area contributed by atoms with E-state index in [9.17, 15) is 9.59 Å². The summed E-state index contributed by atoms with van der Waals surface area (Å²) in [5.41, 5.74) is 0. The van der Waals surface area contributed by atoms with Crippen molar-refractivity contribution in [2.45, 2.75) is 65.2 Å². The van der Waals surface area contributed by atoms with Crippen molar-refractivity contribution in [1.82, 2.24) is 26.6 Å². The zero-order chi connectivity index (χ0) is 20.7. The third-order valence-corrected chi connectivity index (χ3v) is 4.41. The molecule has 0 bridgehead atoms. The molecule has 0 unspecified atom stereocenters. The molecule has 0 spiro atoms. The molecular formula is C21H45N5O2. The zero-order valence-corrected chi connectivity index (χ0v) is 18.3. The van der Waals surface area contributed by atoms with E-state index in [1.165, 1.54) is 12.8 Å². The molecule has 166 valence electrons. The van der Waals surface area contributed by atoms with E-state index in [1.54, 1.807) is 6.92 Å². The number of carbonyl (C=O) groups excluding carboxylic acids is 2. The highest BCUT2D eigenvalue weighted by Crippen LogP contribution is 2.00. The lowest BCUT2D eigenvalue weighted by Gasteiger charge is -2.08. The first-order valence-electron chi connectivity index (χ1n) is 11.3. The van der Waals surface area contributed by atoms with Crippen LogP contribution in [0.4, 0.5) is 0 Å². The molecule has 0 saturated carbocycles. The van der Waals surface area contributed by atoms with E-state index in [-0.39, 0.29) is 11.7 Å². The van der Waals surface area contributed by atoms with Crippen LogP contribution in [0.3, 0.4) is 0 Å². The summed E-state index contributed by atoms with van der Waals surface area (Å²) in [6.07, 6.45) is 7.15. The standard InChI is InChI=1S/C21H45N5O2/c1-3-22-12-6-13-23-14-7-15-24-16-8-17-25-18-9-19-26-21(28)11-5-4-10-20(2)27/h22-25H,3-19H2,1-2H3,(H,26,28). The average Bonchev–Trinajstić information content (AvgIpc) is 2.67. The molecule has 0 radical (unpaired) electrons. The van der Waals surface area contributed by atoms with Gasteiger partial charge in [0.05, 0.1) is 0 Å². The predicted molar refractivity (Wildman–Crippen MR) is 118 cm³/mol. The third kappa shape index (κ3) is 23.0. The van der Waals surface area contributed by atoms with Crippen LogP contribution in [0.1, 0.15) is 65.2 Å². The van der Waals surface area contributed by atoms with Gasteiger partial charge in [0.2, 0.25) is 5.91 Å². The maximum atomic E-state index is 11.6. The van der Waals surface area contributed by atoms with E-state index in [0.29, 0.717) is 12.8 Å². The number of hydrogen-bond acceptors (Lipinski definition) is 6. The largest absolute Gasteiger partial charge is 0.356 e. The van der Waals surface area contributed by atoms with Crippen LogP contribution in [0.25, 0.3) is 0 Å². The molecular weight excluding hydrogens is 354 g/mol. The second-order valence-electron chi connectivity index (χ2n) is 7.28. The van der Waals surface area contributed by atoms with Gasteiger partial charge in [-0.25, -0.2) is 0 Å². The summed E-state index contributed by atoms with van der Waals surface area (Å²) in [6.45, 7) is 12.8. The second kappa shape index (κ2) is 22.3. The van der Waals surface area contributed by atoms with Crippen molar-refractivity contribution >= 4 is 11.7 Å². The fraction of sp³-hybridized carbons (Fsp3) is 0.905. The number of ketones is 1. The fourth-order valence-electron chi connectivity index (χ4n) is 2.76. The van der Waals surface area contributed by atoms with Gasteiger partial charge in [-0.15, -0.1) is 0 Å². The number of Topliss-reactive ketones (excluding diaryl/α,β-unsaturated/α-hetero) is 1. The smallest absolute Gasteiger partial charge is 0.219 e. The molecule has 0 atom stereocenters. The highest BCUT2D eigenvalue weighted by molar-refractivity contribution is 5.76. The summed E-state index contributed by atoms with van der Waals surface area (Å²) < 4.78 is 0. The molecule has 0 saturated heterocycles. The Kier molecular flexibility index (Phi) is 21.5. The van der Waals surface area contributed by atoms with Crippen LogP contribution >= 0.6 is 0 Å². The van der Waals surface area contributed by atoms with Gasteiger partial charge in [-0.2, -0.15) is 0 Å². The first kappa shape index (κ1) is 27.0. The molecule has 0 aromatic rings. The van der Waals surface area contributed by atoms with Gasteiger partial charge >= 0.3 is 0 Å². The van der Waals surface area contributed by atoms with Gasteiger partial charge in [-0.1, -0.05) is 6.92 Å². The molecule has 0 aliphatic carbocycles. The van der Waals surface area contributed by atoms with Crippen LogP contribution in [-0.2, 0) is 9.59 Å². The van der Waals surface area contributed by atoms with Crippen LogP contribution in [-0.4, -0.2) is 70.6 Å². The first-order valence-corrected chi connectivity index (χ1v) is 11.3. The quantitative estimate of drug-likeness (QED) is 0.176. The lowest BCUT2D eigenvalue weighted by molar-refractivity contribution is -0.121. The van der Waals surface area contributed by atoms with Crippen molar-refractivity contribution in [3.8, 4) is 0 Å². The van der Waals surface area contributed by atoms with E-state index in [2.05, 4.69) is 33.5 Å². The van der Waals surface area contributed by atoms with Crippen LogP contribution in [0.5, 0.6) is 0 Å². The Bertz CT molecular complexity index is 367. The van der Waals surface area contributed by atoms with Crippen molar-refractivity contribution < 1.29 is 9.59 Å². The first-order chi connectivity index (χ1) is 13.7. The Labute approximate surface area is 172 Å². The summed E-state index contributed by atoms with van der Waals surface area (Å²) in [4.78, 5) is 22.4. The summed E-state index contributed by atoms with van der Waals surface area (Å²) in [5.74, 6) is 0.296. The van der Waals surface area contributed by atoms with E-state index in [1.807, 2.05) is 0 Å². The van der Waals surface area contributed by atoms with Gasteiger partial charge in [-0.3, -0.25) is 4.79 Å². The number of unbranched alkanes of at least 4 members (excludes halogenated alkanes) is 1. The Morgan fingerprint density at radius 1 is 0.571 bits per heavy atom. The van der Waals surface area contributed by atoms with Crippen molar-refractivity contribution in [2.24, 2.45) is 0 Å². The minimum Gasteiger partial charge on any atom is -0.356 e. The topological polar surface area (TPSA) is 94.3 Å². The number of amides is 1. The summed E-state index contributed by atoms with van der Waals surface area (Å²) in [6, 6.07) is 0. The molecule has 7 heteroatoms. The predicted octanol–water partition coefficient (Wildman–Crippen LogP) is 1.19. The fourth-order valence-corrected chi connectivity index (χ4v) is 2.76. The molecule has 0 aromatic heterocycles. The highest BCUT2D eigenvalue weighted by Gasteiger charge is 2.01. The van der Waals surface area contributed by atoms with Gasteiger partial charge in [0, 0.05) is 19.4 Å². The average molecular weight is 400 g/mol. The molecule has 1 amide bonds. The Hall–Kier alpha value is -1.02. The molecule has 0 heterocycles. The van der Waals surface area contributed by atoms with Gasteiger partial charge < -0.3 is 31.4 Å². The maximum Gasteiger partial charge on any atom is 0.219 e. The molecule has 7 nitrogen and oxygen atoms in total. The maximum absolute atomic E-state index is 11.6. The van der Waals surface area contributed by atoms with E-state index in [0.717, 1.165) is 84.6 Å². The van der Waals surface area contributed by atoms with Crippen LogP contribution in [0.2, 0.25) is 0 Å². The lowest BCUT2D eigenvalue weighted by Crippen LogP contribution is -2.29. The minimum absolute atomic E-state index is 0.0971. The number of carbonyl (C=O) groups is 2. The SMILES string of the molecule is CCNCCCNCCCNCCCNCCCNC(=O)CCCCC(C)=O. The summed E-state index contributed by atoms with van der Waals surface area (Å²) in [7, 11) is 0. The number of rotatable bonds is 22. The minimum atomic E-state index is 0.0971. The van der Waals surface area contributed by atoms with E-state index in [4.69, 9.17) is 0 Å². The zero-order valence-electron chi connectivity index (χ0n) is 18.3. The normalized spacial score (nSPS) is 10.9.